The molecular formula is C30H66N4. The number of hydrogen-bond donors (Lipinski definition) is 0. The van der Waals surface area contributed by atoms with Crippen LogP contribution in [-0.2, 0) is 0 Å². The van der Waals surface area contributed by atoms with Crippen LogP contribution in [0.2, 0.25) is 0 Å². The molecule has 206 valence electrons. The average Bonchev–Trinajstić information content (AvgIpc) is 2.86. The van der Waals surface area contributed by atoms with E-state index in [0.717, 1.165) is 19.8 Å². The van der Waals surface area contributed by atoms with Gasteiger partial charge in [0, 0.05) is 26.2 Å². The summed E-state index contributed by atoms with van der Waals surface area (Å²) in [6.07, 6.45) is 18.7. The molecule has 34 heavy (non-hydrogen) atoms. The molecule has 1 heterocycles. The maximum atomic E-state index is 2.61. The third kappa shape index (κ3) is 20.1. The van der Waals surface area contributed by atoms with Gasteiger partial charge >= 0.3 is 0 Å². The summed E-state index contributed by atoms with van der Waals surface area (Å²) in [7, 11) is 0. The van der Waals surface area contributed by atoms with Crippen molar-refractivity contribution in [2.24, 2.45) is 0 Å². The summed E-state index contributed by atoms with van der Waals surface area (Å²) in [5.41, 5.74) is 0. The van der Waals surface area contributed by atoms with Crippen LogP contribution >= 0.6 is 0 Å². The highest BCUT2D eigenvalue weighted by Gasteiger charge is 2.14. The van der Waals surface area contributed by atoms with Crippen molar-refractivity contribution in [1.82, 2.24) is 19.6 Å². The average molecular weight is 483 g/mol. The highest BCUT2D eigenvalue weighted by molar-refractivity contribution is 4.68. The first-order valence-corrected chi connectivity index (χ1v) is 15.5. The van der Waals surface area contributed by atoms with Crippen molar-refractivity contribution >= 4 is 0 Å². The maximum absolute atomic E-state index is 2.61. The Morgan fingerprint density at radius 3 is 0.941 bits per heavy atom. The lowest BCUT2D eigenvalue weighted by Gasteiger charge is -2.34. The molecule has 0 aromatic carbocycles. The normalized spacial score (nSPS) is 18.2. The molecule has 0 aromatic heterocycles. The molecule has 0 atom stereocenters. The van der Waals surface area contributed by atoms with Gasteiger partial charge in [-0.15, -0.1) is 0 Å². The smallest absolute Gasteiger partial charge is 0.0507 e. The third-order valence-electron chi connectivity index (χ3n) is 7.56. The zero-order chi connectivity index (χ0) is 25.3. The zero-order valence-corrected chi connectivity index (χ0v) is 24.8. The van der Waals surface area contributed by atoms with E-state index >= 15 is 0 Å². The zero-order valence-electron chi connectivity index (χ0n) is 24.8. The number of unbranched alkanes of at least 4 members (excludes halogenated alkanes) is 11. The Balaban J connectivity index is 0.000000686. The first-order valence-electron chi connectivity index (χ1n) is 15.5. The fraction of sp³-hybridized carbons (Fsp3) is 1.00. The highest BCUT2D eigenvalue weighted by atomic mass is 15.3. The standard InChI is InChI=1S/C16H36N4.C14H30/c1-5-17-10-9-11-18(6-2)13-15-20(8-4)16-19(7-3)14-12-17;1-3-5-7-9-11-13-14-12-10-8-6-4-2/h5-16H2,1-4H3;3-14H2,1-2H3. The van der Waals surface area contributed by atoms with Crippen molar-refractivity contribution in [1.29, 1.82) is 0 Å². The van der Waals surface area contributed by atoms with Gasteiger partial charge in [0.05, 0.1) is 6.67 Å². The molecule has 4 heteroatoms. The second-order valence-electron chi connectivity index (χ2n) is 10.3. The van der Waals surface area contributed by atoms with E-state index in [9.17, 15) is 0 Å². The van der Waals surface area contributed by atoms with Crippen LogP contribution in [0.3, 0.4) is 0 Å². The fourth-order valence-electron chi connectivity index (χ4n) is 4.79. The lowest BCUT2D eigenvalue weighted by Crippen LogP contribution is -2.45. The molecule has 1 rings (SSSR count). The molecule has 1 fully saturated rings. The summed E-state index contributed by atoms with van der Waals surface area (Å²) in [4.78, 5) is 10.4. The van der Waals surface area contributed by atoms with Gasteiger partial charge in [0.1, 0.15) is 0 Å². The van der Waals surface area contributed by atoms with Crippen molar-refractivity contribution < 1.29 is 0 Å². The molecule has 0 aliphatic carbocycles. The number of hydrogen-bond acceptors (Lipinski definition) is 4. The number of likely N-dealkylation sites (N-methyl/N-ethyl adjacent to an activating group) is 4. The molecular weight excluding hydrogens is 416 g/mol. The third-order valence-corrected chi connectivity index (χ3v) is 7.56. The first kappa shape index (κ1) is 33.8. The van der Waals surface area contributed by atoms with E-state index in [4.69, 9.17) is 0 Å². The fourth-order valence-corrected chi connectivity index (χ4v) is 4.79. The molecule has 0 unspecified atom stereocenters. The second-order valence-corrected chi connectivity index (χ2v) is 10.3. The Morgan fingerprint density at radius 1 is 0.353 bits per heavy atom. The molecule has 0 N–H and O–H groups in total. The molecule has 1 aliphatic rings. The van der Waals surface area contributed by atoms with Crippen LogP contribution in [0.4, 0.5) is 0 Å². The summed E-state index contributed by atoms with van der Waals surface area (Å²) in [5, 5.41) is 0. The maximum Gasteiger partial charge on any atom is 0.0507 e. The molecule has 0 spiro atoms. The molecule has 1 saturated heterocycles. The van der Waals surface area contributed by atoms with Crippen molar-refractivity contribution in [3.05, 3.63) is 0 Å². The Bertz CT molecular complexity index is 356. The van der Waals surface area contributed by atoms with Crippen LogP contribution in [0.1, 0.15) is 125 Å². The largest absolute Gasteiger partial charge is 0.302 e. The van der Waals surface area contributed by atoms with Gasteiger partial charge in [-0.2, -0.15) is 0 Å². The number of nitrogens with zero attached hydrogens (tertiary/aromatic N) is 4. The number of rotatable bonds is 15. The molecule has 0 radical (unpaired) electrons. The van der Waals surface area contributed by atoms with Crippen molar-refractivity contribution in [2.45, 2.75) is 125 Å². The topological polar surface area (TPSA) is 13.0 Å². The van der Waals surface area contributed by atoms with Crippen LogP contribution in [0, 0.1) is 0 Å². The lowest BCUT2D eigenvalue weighted by molar-refractivity contribution is 0.105. The van der Waals surface area contributed by atoms with Gasteiger partial charge in [0.15, 0.2) is 0 Å². The van der Waals surface area contributed by atoms with Crippen molar-refractivity contribution in [3.63, 3.8) is 0 Å². The van der Waals surface area contributed by atoms with Crippen LogP contribution in [0.5, 0.6) is 0 Å². The van der Waals surface area contributed by atoms with Gasteiger partial charge in [-0.3, -0.25) is 9.80 Å². The second kappa shape index (κ2) is 25.9. The van der Waals surface area contributed by atoms with Crippen molar-refractivity contribution in [2.75, 3.05) is 72.1 Å². The Labute approximate surface area is 216 Å². The molecule has 0 amide bonds. The van der Waals surface area contributed by atoms with Gasteiger partial charge in [-0.1, -0.05) is 119 Å². The lowest BCUT2D eigenvalue weighted by atomic mass is 10.1. The van der Waals surface area contributed by atoms with E-state index in [0.29, 0.717) is 0 Å². The van der Waals surface area contributed by atoms with E-state index in [1.165, 1.54) is 136 Å². The van der Waals surface area contributed by atoms with Crippen molar-refractivity contribution in [3.8, 4) is 0 Å². The summed E-state index contributed by atoms with van der Waals surface area (Å²) in [6.45, 7) is 26.9. The molecule has 4 nitrogen and oxygen atoms in total. The Kier molecular flexibility index (Phi) is 25.8. The highest BCUT2D eigenvalue weighted by Crippen LogP contribution is 2.11. The van der Waals surface area contributed by atoms with Gasteiger partial charge in [-0.05, 0) is 45.7 Å². The van der Waals surface area contributed by atoms with Gasteiger partial charge in [0.2, 0.25) is 0 Å². The Morgan fingerprint density at radius 2 is 0.647 bits per heavy atom. The van der Waals surface area contributed by atoms with Gasteiger partial charge in [0.25, 0.3) is 0 Å². The van der Waals surface area contributed by atoms with E-state index < -0.39 is 0 Å². The molecule has 0 aromatic rings. The van der Waals surface area contributed by atoms with Crippen LogP contribution in [-0.4, -0.2) is 91.7 Å². The minimum absolute atomic E-state index is 1.13. The van der Waals surface area contributed by atoms with Crippen LogP contribution in [0.15, 0.2) is 0 Å². The SMILES string of the molecule is CCCCCCCCCCCCCC.CCN1CCCN(CC)CCN(CC)CN(CC)CC1. The van der Waals surface area contributed by atoms with E-state index in [1.54, 1.807) is 0 Å². The monoisotopic (exact) mass is 483 g/mol. The molecule has 0 bridgehead atoms. The summed E-state index contributed by atoms with van der Waals surface area (Å²) in [5.74, 6) is 0. The molecule has 1 aliphatic heterocycles. The quantitative estimate of drug-likeness (QED) is 0.226. The summed E-state index contributed by atoms with van der Waals surface area (Å²) < 4.78 is 0. The van der Waals surface area contributed by atoms with Crippen LogP contribution in [0.25, 0.3) is 0 Å². The predicted molar refractivity (Wildman–Crippen MR) is 155 cm³/mol. The Hall–Kier alpha value is -0.160. The van der Waals surface area contributed by atoms with Gasteiger partial charge in [-0.25, -0.2) is 0 Å². The summed E-state index contributed by atoms with van der Waals surface area (Å²) >= 11 is 0. The first-order chi connectivity index (χ1) is 16.6. The minimum atomic E-state index is 1.13. The molecule has 0 saturated carbocycles. The predicted octanol–water partition coefficient (Wildman–Crippen LogP) is 7.34. The minimum Gasteiger partial charge on any atom is -0.302 e. The van der Waals surface area contributed by atoms with Gasteiger partial charge < -0.3 is 9.80 Å². The van der Waals surface area contributed by atoms with E-state index in [1.807, 2.05) is 0 Å². The summed E-state index contributed by atoms with van der Waals surface area (Å²) in [6, 6.07) is 0. The van der Waals surface area contributed by atoms with E-state index in [-0.39, 0.29) is 0 Å². The van der Waals surface area contributed by atoms with E-state index in [2.05, 4.69) is 61.1 Å². The van der Waals surface area contributed by atoms with Crippen LogP contribution < -0.4 is 0 Å².